The molecule has 5 aromatic rings. The van der Waals surface area contributed by atoms with Crippen LogP contribution in [0.4, 0.5) is 17.1 Å². The van der Waals surface area contributed by atoms with Crippen molar-refractivity contribution in [2.75, 3.05) is 4.90 Å². The first-order valence-corrected chi connectivity index (χ1v) is 11.9. The summed E-state index contributed by atoms with van der Waals surface area (Å²) in [6.07, 6.45) is 1.74. The minimum atomic E-state index is 0.567. The molecule has 3 nitrogen and oxygen atoms in total. The van der Waals surface area contributed by atoms with Crippen molar-refractivity contribution in [3.05, 3.63) is 121 Å². The lowest BCUT2D eigenvalue weighted by Gasteiger charge is -2.34. The summed E-state index contributed by atoms with van der Waals surface area (Å²) >= 11 is 1.80. The lowest BCUT2D eigenvalue weighted by atomic mass is 9.93. The van der Waals surface area contributed by atoms with E-state index >= 15 is 0 Å². The number of hydrogen-bond acceptors (Lipinski definition) is 4. The normalized spacial score (nSPS) is 11.9. The predicted octanol–water partition coefficient (Wildman–Crippen LogP) is 8.22. The zero-order valence-electron chi connectivity index (χ0n) is 18.2. The Balaban J connectivity index is 1.61. The minimum Gasteiger partial charge on any atom is -0.308 e. The number of nitrogens with zero attached hydrogens (tertiary/aromatic N) is 3. The van der Waals surface area contributed by atoms with Crippen molar-refractivity contribution in [3.8, 4) is 28.5 Å². The molecule has 0 saturated heterocycles. The van der Waals surface area contributed by atoms with Gasteiger partial charge in [-0.2, -0.15) is 5.26 Å². The van der Waals surface area contributed by atoms with Gasteiger partial charge >= 0.3 is 0 Å². The first-order chi connectivity index (χ1) is 16.8. The SMILES string of the molecule is N#Cc1cccnc1-c1ccccc1-c1ccccc1N1c2ccccc2Sc2ccccc21. The van der Waals surface area contributed by atoms with Crippen LogP contribution >= 0.6 is 11.8 Å². The van der Waals surface area contributed by atoms with E-state index in [0.717, 1.165) is 33.8 Å². The molecular formula is C30H19N3S. The summed E-state index contributed by atoms with van der Waals surface area (Å²) in [5, 5.41) is 9.72. The van der Waals surface area contributed by atoms with Crippen molar-refractivity contribution >= 4 is 28.8 Å². The van der Waals surface area contributed by atoms with E-state index in [1.54, 1.807) is 24.0 Å². The molecule has 0 spiro atoms. The van der Waals surface area contributed by atoms with Gasteiger partial charge in [0.2, 0.25) is 0 Å². The van der Waals surface area contributed by atoms with Crippen LogP contribution in [-0.2, 0) is 0 Å². The molecule has 34 heavy (non-hydrogen) atoms. The molecule has 0 N–H and O–H groups in total. The van der Waals surface area contributed by atoms with Gasteiger partial charge in [0.15, 0.2) is 0 Å². The van der Waals surface area contributed by atoms with Gasteiger partial charge in [-0.15, -0.1) is 0 Å². The topological polar surface area (TPSA) is 39.9 Å². The molecular weight excluding hydrogens is 434 g/mol. The highest BCUT2D eigenvalue weighted by Gasteiger charge is 2.26. The van der Waals surface area contributed by atoms with E-state index in [-0.39, 0.29) is 0 Å². The molecule has 1 aromatic heterocycles. The first-order valence-electron chi connectivity index (χ1n) is 11.0. The fourth-order valence-electron chi connectivity index (χ4n) is 4.50. The predicted molar refractivity (Wildman–Crippen MR) is 139 cm³/mol. The minimum absolute atomic E-state index is 0.567. The highest BCUT2D eigenvalue weighted by Crippen LogP contribution is 2.53. The monoisotopic (exact) mass is 453 g/mol. The van der Waals surface area contributed by atoms with E-state index in [4.69, 9.17) is 0 Å². The standard InChI is InChI=1S/C30H19N3S/c31-20-21-10-9-19-32-30(21)24-13-2-1-11-22(24)23-12-3-4-14-25(23)33-26-15-5-7-17-28(26)34-29-18-8-6-16-27(29)33/h1-19H. The second-order valence-electron chi connectivity index (χ2n) is 7.95. The highest BCUT2D eigenvalue weighted by molar-refractivity contribution is 7.99. The molecule has 4 aromatic carbocycles. The maximum absolute atomic E-state index is 9.72. The second kappa shape index (κ2) is 8.55. The Bertz CT molecular complexity index is 1520. The molecule has 0 bridgehead atoms. The maximum atomic E-state index is 9.72. The summed E-state index contributed by atoms with van der Waals surface area (Å²) in [6, 6.07) is 39.6. The van der Waals surface area contributed by atoms with Gasteiger partial charge in [0.05, 0.1) is 28.3 Å². The number of rotatable bonds is 3. The van der Waals surface area contributed by atoms with Crippen LogP contribution in [0, 0.1) is 11.3 Å². The Morgan fingerprint density at radius 1 is 0.588 bits per heavy atom. The van der Waals surface area contributed by atoms with Gasteiger partial charge in [-0.3, -0.25) is 4.98 Å². The molecule has 0 unspecified atom stereocenters. The molecule has 0 saturated carbocycles. The van der Waals surface area contributed by atoms with Gasteiger partial charge in [0, 0.05) is 27.1 Å². The van der Waals surface area contributed by atoms with E-state index in [1.165, 1.54) is 9.79 Å². The lowest BCUT2D eigenvalue weighted by Crippen LogP contribution is -2.15. The number of anilines is 3. The third-order valence-electron chi connectivity index (χ3n) is 5.98. The van der Waals surface area contributed by atoms with Crippen molar-refractivity contribution in [2.24, 2.45) is 0 Å². The van der Waals surface area contributed by atoms with Gasteiger partial charge in [0.1, 0.15) is 6.07 Å². The molecule has 0 fully saturated rings. The molecule has 1 aliphatic heterocycles. The molecule has 160 valence electrons. The first kappa shape index (κ1) is 20.3. The summed E-state index contributed by atoms with van der Waals surface area (Å²) < 4.78 is 0. The number of para-hydroxylation sites is 3. The third kappa shape index (κ3) is 3.35. The molecule has 0 amide bonds. The molecule has 1 aliphatic rings. The molecule has 0 radical (unpaired) electrons. The molecule has 6 rings (SSSR count). The number of aromatic nitrogens is 1. The molecule has 2 heterocycles. The van der Waals surface area contributed by atoms with Crippen LogP contribution in [0.2, 0.25) is 0 Å². The fourth-order valence-corrected chi connectivity index (χ4v) is 5.55. The average Bonchev–Trinajstić information content (AvgIpc) is 2.91. The van der Waals surface area contributed by atoms with Gasteiger partial charge in [-0.1, -0.05) is 78.5 Å². The number of hydrogen-bond donors (Lipinski definition) is 0. The number of fused-ring (bicyclic) bond motifs is 2. The smallest absolute Gasteiger partial charge is 0.101 e. The lowest BCUT2D eigenvalue weighted by molar-refractivity contribution is 1.17. The Morgan fingerprint density at radius 3 is 1.82 bits per heavy atom. The maximum Gasteiger partial charge on any atom is 0.101 e. The van der Waals surface area contributed by atoms with E-state index < -0.39 is 0 Å². The number of nitriles is 1. The highest BCUT2D eigenvalue weighted by atomic mass is 32.2. The summed E-state index contributed by atoms with van der Waals surface area (Å²) in [6.45, 7) is 0. The Hall–Kier alpha value is -4.33. The van der Waals surface area contributed by atoms with Crippen LogP contribution in [-0.4, -0.2) is 4.98 Å². The molecule has 4 heteroatoms. The van der Waals surface area contributed by atoms with Crippen molar-refractivity contribution in [1.82, 2.24) is 4.98 Å². The van der Waals surface area contributed by atoms with Gasteiger partial charge in [-0.25, -0.2) is 0 Å². The zero-order chi connectivity index (χ0) is 22.9. The van der Waals surface area contributed by atoms with Crippen LogP contribution in [0.15, 0.2) is 125 Å². The Morgan fingerprint density at radius 2 is 1.15 bits per heavy atom. The summed E-state index contributed by atoms with van der Waals surface area (Å²) in [4.78, 5) is 9.37. The van der Waals surface area contributed by atoms with E-state index in [9.17, 15) is 5.26 Å². The summed E-state index contributed by atoms with van der Waals surface area (Å²) in [5.74, 6) is 0. The van der Waals surface area contributed by atoms with E-state index in [1.807, 2.05) is 24.3 Å². The number of benzene rings is 4. The van der Waals surface area contributed by atoms with Crippen molar-refractivity contribution in [3.63, 3.8) is 0 Å². The van der Waals surface area contributed by atoms with Gasteiger partial charge < -0.3 is 4.90 Å². The van der Waals surface area contributed by atoms with Crippen LogP contribution in [0.3, 0.4) is 0 Å². The molecule has 0 atom stereocenters. The van der Waals surface area contributed by atoms with Gasteiger partial charge in [0.25, 0.3) is 0 Å². The summed E-state index contributed by atoms with van der Waals surface area (Å²) in [5.41, 5.74) is 7.75. The summed E-state index contributed by atoms with van der Waals surface area (Å²) in [7, 11) is 0. The van der Waals surface area contributed by atoms with Crippen molar-refractivity contribution < 1.29 is 0 Å². The van der Waals surface area contributed by atoms with Crippen LogP contribution < -0.4 is 4.90 Å². The average molecular weight is 454 g/mol. The zero-order valence-corrected chi connectivity index (χ0v) is 19.0. The quantitative estimate of drug-likeness (QED) is 0.271. The second-order valence-corrected chi connectivity index (χ2v) is 9.03. The van der Waals surface area contributed by atoms with E-state index in [0.29, 0.717) is 11.3 Å². The Kier molecular flexibility index (Phi) is 5.10. The van der Waals surface area contributed by atoms with Crippen molar-refractivity contribution in [2.45, 2.75) is 9.79 Å². The third-order valence-corrected chi connectivity index (χ3v) is 7.11. The van der Waals surface area contributed by atoms with Crippen LogP contribution in [0.5, 0.6) is 0 Å². The van der Waals surface area contributed by atoms with Crippen molar-refractivity contribution in [1.29, 1.82) is 5.26 Å². The van der Waals surface area contributed by atoms with Gasteiger partial charge in [-0.05, 0) is 48.0 Å². The Labute approximate surface area is 203 Å². The van der Waals surface area contributed by atoms with E-state index in [2.05, 4.69) is 94.8 Å². The van der Waals surface area contributed by atoms with Crippen LogP contribution in [0.25, 0.3) is 22.4 Å². The number of pyridine rings is 1. The van der Waals surface area contributed by atoms with Crippen LogP contribution in [0.1, 0.15) is 5.56 Å². The fraction of sp³-hybridized carbons (Fsp3) is 0. The largest absolute Gasteiger partial charge is 0.308 e. The molecule has 0 aliphatic carbocycles.